The van der Waals surface area contributed by atoms with E-state index < -0.39 is 10.8 Å². The van der Waals surface area contributed by atoms with E-state index in [0.29, 0.717) is 12.3 Å². The zero-order valence-electron chi connectivity index (χ0n) is 9.41. The summed E-state index contributed by atoms with van der Waals surface area (Å²) in [6, 6.07) is -0.00828. The molecule has 1 saturated carbocycles. The molecule has 0 saturated heterocycles. The molecule has 2 unspecified atom stereocenters. The van der Waals surface area contributed by atoms with Crippen molar-refractivity contribution in [1.29, 1.82) is 0 Å². The second kappa shape index (κ2) is 6.23. The van der Waals surface area contributed by atoms with Crippen LogP contribution in [-0.2, 0) is 15.6 Å². The standard InChI is InChI=1S/C10H20N2O2S/c1-8(7-15(2)14)12-10(13)6-11-5-9-3-4-9/h8-9,11H,3-7H2,1-2H3,(H,12,13). The molecule has 0 spiro atoms. The zero-order chi connectivity index (χ0) is 11.3. The fourth-order valence-corrected chi connectivity index (χ4v) is 2.22. The lowest BCUT2D eigenvalue weighted by Crippen LogP contribution is -2.41. The average molecular weight is 232 g/mol. The molecular formula is C10H20N2O2S. The number of amides is 1. The van der Waals surface area contributed by atoms with Crippen molar-refractivity contribution in [3.8, 4) is 0 Å². The lowest BCUT2D eigenvalue weighted by molar-refractivity contribution is -0.120. The molecule has 1 aliphatic rings. The molecule has 2 atom stereocenters. The van der Waals surface area contributed by atoms with Gasteiger partial charge in [0.1, 0.15) is 0 Å². The van der Waals surface area contributed by atoms with Gasteiger partial charge in [-0.1, -0.05) is 0 Å². The van der Waals surface area contributed by atoms with Gasteiger partial charge in [0.25, 0.3) is 0 Å². The number of carbonyl (C=O) groups excluding carboxylic acids is 1. The van der Waals surface area contributed by atoms with Crippen LogP contribution >= 0.6 is 0 Å². The summed E-state index contributed by atoms with van der Waals surface area (Å²) < 4.78 is 10.9. The Morgan fingerprint density at radius 1 is 1.53 bits per heavy atom. The van der Waals surface area contributed by atoms with Crippen molar-refractivity contribution >= 4 is 16.7 Å². The first-order chi connectivity index (χ1) is 7.08. The van der Waals surface area contributed by atoms with Gasteiger partial charge < -0.3 is 10.6 Å². The van der Waals surface area contributed by atoms with Crippen LogP contribution in [0.1, 0.15) is 19.8 Å². The van der Waals surface area contributed by atoms with E-state index in [0.717, 1.165) is 12.5 Å². The Labute approximate surface area is 93.7 Å². The minimum Gasteiger partial charge on any atom is -0.352 e. The third kappa shape index (κ3) is 6.62. The van der Waals surface area contributed by atoms with Gasteiger partial charge in [0, 0.05) is 28.9 Å². The second-order valence-corrected chi connectivity index (χ2v) is 5.76. The van der Waals surface area contributed by atoms with Crippen molar-refractivity contribution < 1.29 is 9.00 Å². The molecule has 0 aromatic carbocycles. The number of carbonyl (C=O) groups is 1. The number of hydrogen-bond donors (Lipinski definition) is 2. The summed E-state index contributed by atoms with van der Waals surface area (Å²) in [6.45, 7) is 3.19. The first-order valence-corrected chi connectivity index (χ1v) is 7.10. The van der Waals surface area contributed by atoms with Crippen LogP contribution in [0, 0.1) is 5.92 Å². The molecule has 0 aromatic heterocycles. The van der Waals surface area contributed by atoms with E-state index in [2.05, 4.69) is 10.6 Å². The maximum Gasteiger partial charge on any atom is 0.234 e. The van der Waals surface area contributed by atoms with E-state index in [1.54, 1.807) is 6.26 Å². The van der Waals surface area contributed by atoms with E-state index in [9.17, 15) is 9.00 Å². The van der Waals surface area contributed by atoms with Crippen molar-refractivity contribution in [1.82, 2.24) is 10.6 Å². The van der Waals surface area contributed by atoms with Crippen molar-refractivity contribution in [2.75, 3.05) is 25.1 Å². The Morgan fingerprint density at radius 2 is 2.20 bits per heavy atom. The van der Waals surface area contributed by atoms with Gasteiger partial charge in [-0.05, 0) is 32.2 Å². The van der Waals surface area contributed by atoms with Gasteiger partial charge in [0.15, 0.2) is 0 Å². The minimum atomic E-state index is -0.850. The van der Waals surface area contributed by atoms with E-state index >= 15 is 0 Å². The summed E-state index contributed by atoms with van der Waals surface area (Å²) in [5.74, 6) is 1.31. The minimum absolute atomic E-state index is 0.00593. The summed E-state index contributed by atoms with van der Waals surface area (Å²) in [5, 5.41) is 5.93. The predicted molar refractivity (Wildman–Crippen MR) is 62.1 cm³/mol. The summed E-state index contributed by atoms with van der Waals surface area (Å²) in [5.41, 5.74) is 0. The number of nitrogens with one attached hydrogen (secondary N) is 2. The highest BCUT2D eigenvalue weighted by Gasteiger charge is 2.20. The highest BCUT2D eigenvalue weighted by Crippen LogP contribution is 2.27. The SMILES string of the molecule is CC(CS(C)=O)NC(=O)CNCC1CC1. The topological polar surface area (TPSA) is 58.2 Å². The zero-order valence-corrected chi connectivity index (χ0v) is 10.2. The average Bonchev–Trinajstić information content (AvgIpc) is 2.85. The molecule has 1 aliphatic carbocycles. The fourth-order valence-electron chi connectivity index (χ4n) is 1.43. The van der Waals surface area contributed by atoms with Crippen LogP contribution in [0.4, 0.5) is 0 Å². The summed E-state index contributed by atoms with van der Waals surface area (Å²) >= 11 is 0. The van der Waals surface area contributed by atoms with Crippen LogP contribution in [0.15, 0.2) is 0 Å². The Bertz CT molecular complexity index is 242. The van der Waals surface area contributed by atoms with E-state index in [1.165, 1.54) is 12.8 Å². The molecule has 5 heteroatoms. The largest absolute Gasteiger partial charge is 0.352 e. The maximum atomic E-state index is 11.4. The van der Waals surface area contributed by atoms with Crippen molar-refractivity contribution in [3.05, 3.63) is 0 Å². The highest BCUT2D eigenvalue weighted by molar-refractivity contribution is 7.84. The number of rotatable bonds is 7. The van der Waals surface area contributed by atoms with Crippen molar-refractivity contribution in [2.45, 2.75) is 25.8 Å². The number of hydrogen-bond acceptors (Lipinski definition) is 3. The van der Waals surface area contributed by atoms with Crippen LogP contribution in [0.5, 0.6) is 0 Å². The Morgan fingerprint density at radius 3 is 2.73 bits per heavy atom. The van der Waals surface area contributed by atoms with Crippen LogP contribution in [0.3, 0.4) is 0 Å². The summed E-state index contributed by atoms with van der Waals surface area (Å²) in [4.78, 5) is 11.4. The molecule has 2 N–H and O–H groups in total. The van der Waals surface area contributed by atoms with Gasteiger partial charge in [-0.25, -0.2) is 0 Å². The third-order valence-corrected chi connectivity index (χ3v) is 3.28. The van der Waals surface area contributed by atoms with Gasteiger partial charge >= 0.3 is 0 Å². The van der Waals surface area contributed by atoms with E-state index in [1.807, 2.05) is 6.92 Å². The lowest BCUT2D eigenvalue weighted by atomic mass is 10.3. The molecule has 1 fully saturated rings. The Kier molecular flexibility index (Phi) is 5.25. The van der Waals surface area contributed by atoms with Crippen LogP contribution < -0.4 is 10.6 Å². The fraction of sp³-hybridized carbons (Fsp3) is 0.900. The Hall–Kier alpha value is -0.420. The van der Waals surface area contributed by atoms with Crippen LogP contribution in [0.25, 0.3) is 0 Å². The second-order valence-electron chi connectivity index (χ2n) is 4.28. The van der Waals surface area contributed by atoms with Gasteiger partial charge in [0.05, 0.1) is 6.54 Å². The molecule has 1 rings (SSSR count). The predicted octanol–water partition coefficient (Wildman–Crippen LogP) is -0.131. The molecule has 0 heterocycles. The van der Waals surface area contributed by atoms with Crippen LogP contribution in [-0.4, -0.2) is 41.3 Å². The first-order valence-electron chi connectivity index (χ1n) is 5.38. The molecular weight excluding hydrogens is 212 g/mol. The monoisotopic (exact) mass is 232 g/mol. The molecule has 0 radical (unpaired) electrons. The first kappa shape index (κ1) is 12.6. The van der Waals surface area contributed by atoms with E-state index in [-0.39, 0.29) is 11.9 Å². The normalized spacial score (nSPS) is 19.6. The molecule has 0 aliphatic heterocycles. The smallest absolute Gasteiger partial charge is 0.234 e. The van der Waals surface area contributed by atoms with Crippen molar-refractivity contribution in [3.63, 3.8) is 0 Å². The molecule has 0 bridgehead atoms. The molecule has 15 heavy (non-hydrogen) atoms. The summed E-state index contributed by atoms with van der Waals surface area (Å²) in [6.07, 6.45) is 4.23. The van der Waals surface area contributed by atoms with Crippen molar-refractivity contribution in [2.24, 2.45) is 5.92 Å². The molecule has 88 valence electrons. The highest BCUT2D eigenvalue weighted by atomic mass is 32.2. The molecule has 0 aromatic rings. The Balaban J connectivity index is 2.02. The molecule has 4 nitrogen and oxygen atoms in total. The van der Waals surface area contributed by atoms with Gasteiger partial charge in [-0.3, -0.25) is 9.00 Å². The van der Waals surface area contributed by atoms with Gasteiger partial charge in [-0.15, -0.1) is 0 Å². The summed E-state index contributed by atoms with van der Waals surface area (Å²) in [7, 11) is -0.850. The maximum absolute atomic E-state index is 11.4. The van der Waals surface area contributed by atoms with Gasteiger partial charge in [-0.2, -0.15) is 0 Å². The quantitative estimate of drug-likeness (QED) is 0.643. The van der Waals surface area contributed by atoms with Crippen LogP contribution in [0.2, 0.25) is 0 Å². The lowest BCUT2D eigenvalue weighted by Gasteiger charge is -2.12. The van der Waals surface area contributed by atoms with E-state index in [4.69, 9.17) is 0 Å². The third-order valence-electron chi connectivity index (χ3n) is 2.31. The molecule has 1 amide bonds. The van der Waals surface area contributed by atoms with Gasteiger partial charge in [0.2, 0.25) is 5.91 Å².